The highest BCUT2D eigenvalue weighted by Gasteiger charge is 2.29. The van der Waals surface area contributed by atoms with Crippen LogP contribution in [-0.4, -0.2) is 60.1 Å². The van der Waals surface area contributed by atoms with Crippen LogP contribution in [0.15, 0.2) is 24.5 Å². The second kappa shape index (κ2) is 7.34. The molecule has 2 fully saturated rings. The number of hydrogen-bond acceptors (Lipinski definition) is 4. The molecule has 3 rings (SSSR count). The summed E-state index contributed by atoms with van der Waals surface area (Å²) in [5.74, 6) is 0. The molecule has 4 heteroatoms. The number of pyridine rings is 1. The van der Waals surface area contributed by atoms with E-state index in [1.165, 1.54) is 44.5 Å². The van der Waals surface area contributed by atoms with E-state index in [9.17, 15) is 0 Å². The minimum Gasteiger partial charge on any atom is -0.314 e. The third-order valence-corrected chi connectivity index (χ3v) is 4.96. The molecular weight excluding hydrogens is 260 g/mol. The van der Waals surface area contributed by atoms with E-state index in [1.54, 1.807) is 0 Å². The summed E-state index contributed by atoms with van der Waals surface area (Å²) in [6.45, 7) is 9.33. The van der Waals surface area contributed by atoms with Crippen molar-refractivity contribution in [2.75, 3.05) is 39.3 Å². The number of hydrogen-bond donors (Lipinski definition) is 1. The second-order valence-electron chi connectivity index (χ2n) is 6.44. The van der Waals surface area contributed by atoms with Crippen molar-refractivity contribution in [3.63, 3.8) is 0 Å². The van der Waals surface area contributed by atoms with E-state index in [1.807, 2.05) is 6.20 Å². The molecule has 0 spiro atoms. The van der Waals surface area contributed by atoms with Gasteiger partial charge < -0.3 is 5.32 Å². The molecule has 2 aliphatic heterocycles. The fraction of sp³-hybridized carbons (Fsp3) is 0.706. The Bertz CT molecular complexity index is 416. The monoisotopic (exact) mass is 288 g/mol. The molecule has 1 aromatic rings. The van der Waals surface area contributed by atoms with E-state index >= 15 is 0 Å². The molecular formula is C17H28N4. The standard InChI is InChI=1S/C17H28N4/c1-15-5-2-3-10-21(15)17(16-6-4-7-19-13-16)14-20-11-8-18-9-12-20/h4,6-7,13,15,17-18H,2-3,5,8-12,14H2,1H3. The molecule has 2 unspecified atom stereocenters. The molecule has 0 aliphatic carbocycles. The van der Waals surface area contributed by atoms with E-state index in [2.05, 4.69) is 45.4 Å². The van der Waals surface area contributed by atoms with E-state index < -0.39 is 0 Å². The molecule has 0 radical (unpaired) electrons. The van der Waals surface area contributed by atoms with Crippen LogP contribution in [0.2, 0.25) is 0 Å². The van der Waals surface area contributed by atoms with Gasteiger partial charge in [0.2, 0.25) is 0 Å². The predicted octanol–water partition coefficient (Wildman–Crippen LogP) is 1.90. The number of rotatable bonds is 4. The van der Waals surface area contributed by atoms with E-state index in [0.717, 1.165) is 19.6 Å². The SMILES string of the molecule is CC1CCCCN1C(CN1CCNCC1)c1cccnc1. The molecule has 4 nitrogen and oxygen atoms in total. The molecule has 116 valence electrons. The average Bonchev–Trinajstić information content (AvgIpc) is 2.55. The van der Waals surface area contributed by atoms with Crippen LogP contribution in [0.3, 0.4) is 0 Å². The molecule has 2 saturated heterocycles. The Balaban J connectivity index is 1.76. The van der Waals surface area contributed by atoms with Gasteiger partial charge in [-0.15, -0.1) is 0 Å². The highest BCUT2D eigenvalue weighted by atomic mass is 15.3. The zero-order chi connectivity index (χ0) is 14.5. The van der Waals surface area contributed by atoms with Crippen molar-refractivity contribution in [2.24, 2.45) is 0 Å². The molecule has 1 aromatic heterocycles. The summed E-state index contributed by atoms with van der Waals surface area (Å²) in [4.78, 5) is 9.68. The van der Waals surface area contributed by atoms with Gasteiger partial charge in [0.1, 0.15) is 0 Å². The van der Waals surface area contributed by atoms with Gasteiger partial charge in [0, 0.05) is 57.2 Å². The molecule has 21 heavy (non-hydrogen) atoms. The van der Waals surface area contributed by atoms with Crippen molar-refractivity contribution in [1.82, 2.24) is 20.1 Å². The van der Waals surface area contributed by atoms with E-state index in [4.69, 9.17) is 0 Å². The average molecular weight is 288 g/mol. The second-order valence-corrected chi connectivity index (χ2v) is 6.44. The molecule has 0 aromatic carbocycles. The maximum Gasteiger partial charge on any atom is 0.0493 e. The first-order valence-electron chi connectivity index (χ1n) is 8.43. The Labute approximate surface area is 128 Å². The van der Waals surface area contributed by atoms with Crippen LogP contribution in [0.1, 0.15) is 37.8 Å². The zero-order valence-corrected chi connectivity index (χ0v) is 13.2. The summed E-state index contributed by atoms with van der Waals surface area (Å²) < 4.78 is 0. The lowest BCUT2D eigenvalue weighted by Gasteiger charge is -2.42. The van der Waals surface area contributed by atoms with Crippen molar-refractivity contribution in [3.05, 3.63) is 30.1 Å². The molecule has 1 N–H and O–H groups in total. The first kappa shape index (κ1) is 14.9. The Morgan fingerprint density at radius 1 is 1.29 bits per heavy atom. The van der Waals surface area contributed by atoms with Gasteiger partial charge >= 0.3 is 0 Å². The first-order valence-corrected chi connectivity index (χ1v) is 8.43. The first-order chi connectivity index (χ1) is 10.3. The smallest absolute Gasteiger partial charge is 0.0493 e. The zero-order valence-electron chi connectivity index (χ0n) is 13.2. The van der Waals surface area contributed by atoms with Crippen LogP contribution in [0.25, 0.3) is 0 Å². The summed E-state index contributed by atoms with van der Waals surface area (Å²) >= 11 is 0. The maximum atomic E-state index is 4.36. The molecule has 2 atom stereocenters. The van der Waals surface area contributed by atoms with Gasteiger partial charge in [-0.05, 0) is 37.9 Å². The number of nitrogens with one attached hydrogen (secondary N) is 1. The van der Waals surface area contributed by atoms with Crippen molar-refractivity contribution in [1.29, 1.82) is 0 Å². The van der Waals surface area contributed by atoms with Gasteiger partial charge in [-0.2, -0.15) is 0 Å². The quantitative estimate of drug-likeness (QED) is 0.917. The predicted molar refractivity (Wildman–Crippen MR) is 86.3 cm³/mol. The minimum atomic E-state index is 0.493. The Hall–Kier alpha value is -0.970. The van der Waals surface area contributed by atoms with Gasteiger partial charge in [-0.3, -0.25) is 14.8 Å². The van der Waals surface area contributed by atoms with Crippen molar-refractivity contribution < 1.29 is 0 Å². The van der Waals surface area contributed by atoms with Crippen LogP contribution in [-0.2, 0) is 0 Å². The molecule has 3 heterocycles. The van der Waals surface area contributed by atoms with Crippen molar-refractivity contribution in [2.45, 2.75) is 38.3 Å². The molecule has 0 saturated carbocycles. The summed E-state index contributed by atoms with van der Waals surface area (Å²) in [6.07, 6.45) is 7.99. The van der Waals surface area contributed by atoms with Crippen LogP contribution in [0.5, 0.6) is 0 Å². The largest absolute Gasteiger partial charge is 0.314 e. The van der Waals surface area contributed by atoms with Gasteiger partial charge in [-0.25, -0.2) is 0 Å². The number of likely N-dealkylation sites (tertiary alicyclic amines) is 1. The minimum absolute atomic E-state index is 0.493. The highest BCUT2D eigenvalue weighted by Crippen LogP contribution is 2.29. The molecule has 0 amide bonds. The van der Waals surface area contributed by atoms with Gasteiger partial charge in [0.05, 0.1) is 0 Å². The Morgan fingerprint density at radius 3 is 2.86 bits per heavy atom. The molecule has 0 bridgehead atoms. The number of nitrogens with zero attached hydrogens (tertiary/aromatic N) is 3. The lowest BCUT2D eigenvalue weighted by molar-refractivity contribution is 0.0720. The number of aromatic nitrogens is 1. The van der Waals surface area contributed by atoms with Gasteiger partial charge in [-0.1, -0.05) is 12.5 Å². The highest BCUT2D eigenvalue weighted by molar-refractivity contribution is 5.15. The Kier molecular flexibility index (Phi) is 5.22. The Morgan fingerprint density at radius 2 is 2.14 bits per heavy atom. The van der Waals surface area contributed by atoms with Crippen molar-refractivity contribution in [3.8, 4) is 0 Å². The van der Waals surface area contributed by atoms with E-state index in [0.29, 0.717) is 12.1 Å². The lowest BCUT2D eigenvalue weighted by Crippen LogP contribution is -2.49. The number of piperazine rings is 1. The third-order valence-electron chi connectivity index (χ3n) is 4.96. The third kappa shape index (κ3) is 3.82. The number of piperidine rings is 1. The van der Waals surface area contributed by atoms with Crippen LogP contribution in [0, 0.1) is 0 Å². The lowest BCUT2D eigenvalue weighted by atomic mass is 9.97. The van der Waals surface area contributed by atoms with Gasteiger partial charge in [0.25, 0.3) is 0 Å². The maximum absolute atomic E-state index is 4.36. The van der Waals surface area contributed by atoms with Crippen LogP contribution >= 0.6 is 0 Å². The van der Waals surface area contributed by atoms with Gasteiger partial charge in [0.15, 0.2) is 0 Å². The van der Waals surface area contributed by atoms with Crippen LogP contribution < -0.4 is 5.32 Å². The summed E-state index contributed by atoms with van der Waals surface area (Å²) in [6, 6.07) is 5.51. The van der Waals surface area contributed by atoms with Crippen LogP contribution in [0.4, 0.5) is 0 Å². The summed E-state index contributed by atoms with van der Waals surface area (Å²) in [7, 11) is 0. The molecule has 2 aliphatic rings. The summed E-state index contributed by atoms with van der Waals surface area (Å²) in [5, 5.41) is 3.45. The fourth-order valence-corrected chi connectivity index (χ4v) is 3.70. The normalized spacial score (nSPS) is 26.6. The fourth-order valence-electron chi connectivity index (χ4n) is 3.70. The van der Waals surface area contributed by atoms with Crippen molar-refractivity contribution >= 4 is 0 Å². The summed E-state index contributed by atoms with van der Waals surface area (Å²) in [5.41, 5.74) is 1.38. The topological polar surface area (TPSA) is 31.4 Å². The van der Waals surface area contributed by atoms with E-state index in [-0.39, 0.29) is 0 Å².